The van der Waals surface area contributed by atoms with Crippen molar-refractivity contribution in [2.75, 3.05) is 0 Å². The van der Waals surface area contributed by atoms with Crippen LogP contribution in [-0.2, 0) is 13.0 Å². The smallest absolute Gasteiger partial charge is 0.237 e. The first kappa shape index (κ1) is 7.90. The Hall–Kier alpha value is -1.72. The van der Waals surface area contributed by atoms with Crippen molar-refractivity contribution < 1.29 is 4.42 Å². The number of nitrogens with zero attached hydrogens (tertiary/aromatic N) is 5. The van der Waals surface area contributed by atoms with Gasteiger partial charge in [0.2, 0.25) is 11.8 Å². The summed E-state index contributed by atoms with van der Waals surface area (Å²) in [7, 11) is 0. The van der Waals surface area contributed by atoms with Gasteiger partial charge < -0.3 is 4.42 Å². The minimum Gasteiger partial charge on any atom is -0.423 e. The van der Waals surface area contributed by atoms with E-state index in [1.807, 2.05) is 6.92 Å². The van der Waals surface area contributed by atoms with Crippen LogP contribution in [0.2, 0.25) is 0 Å². The van der Waals surface area contributed by atoms with E-state index in [0.717, 1.165) is 6.42 Å². The van der Waals surface area contributed by atoms with Crippen LogP contribution >= 0.6 is 0 Å². The lowest BCUT2D eigenvalue weighted by atomic mass is 10.5. The van der Waals surface area contributed by atoms with Gasteiger partial charge in [-0.15, -0.1) is 15.3 Å². The van der Waals surface area contributed by atoms with Crippen LogP contribution in [-0.4, -0.2) is 25.2 Å². The fraction of sp³-hybridized carbons (Fsp3) is 0.429. The van der Waals surface area contributed by atoms with Crippen LogP contribution in [0.25, 0.3) is 0 Å². The van der Waals surface area contributed by atoms with Crippen molar-refractivity contribution in [3.8, 4) is 0 Å². The molecule has 0 aliphatic carbocycles. The summed E-state index contributed by atoms with van der Waals surface area (Å²) < 4.78 is 6.93. The summed E-state index contributed by atoms with van der Waals surface area (Å²) in [6, 6.07) is 0. The predicted molar refractivity (Wildman–Crippen MR) is 42.8 cm³/mol. The molecule has 6 heteroatoms. The van der Waals surface area contributed by atoms with Gasteiger partial charge in [-0.25, -0.2) is 4.68 Å². The predicted octanol–water partition coefficient (Wildman–Crippen LogP) is 0.272. The van der Waals surface area contributed by atoms with Crippen molar-refractivity contribution in [3.05, 3.63) is 24.2 Å². The third-order valence-corrected chi connectivity index (χ3v) is 1.58. The maximum Gasteiger partial charge on any atom is 0.237 e. The molecular formula is C7H9N5O. The molecule has 0 bridgehead atoms. The van der Waals surface area contributed by atoms with E-state index in [2.05, 4.69) is 20.5 Å². The van der Waals surface area contributed by atoms with Crippen molar-refractivity contribution in [2.45, 2.75) is 19.9 Å². The zero-order chi connectivity index (χ0) is 9.10. The molecular weight excluding hydrogens is 170 g/mol. The Bertz CT molecular complexity index is 366. The van der Waals surface area contributed by atoms with E-state index in [9.17, 15) is 0 Å². The van der Waals surface area contributed by atoms with Crippen LogP contribution in [0, 0.1) is 0 Å². The molecule has 0 aromatic carbocycles. The van der Waals surface area contributed by atoms with Gasteiger partial charge in [-0.1, -0.05) is 12.1 Å². The second-order valence-electron chi connectivity index (χ2n) is 2.54. The highest BCUT2D eigenvalue weighted by molar-refractivity contribution is 4.82. The largest absolute Gasteiger partial charge is 0.423 e. The van der Waals surface area contributed by atoms with Gasteiger partial charge in [0.25, 0.3) is 0 Å². The molecule has 0 N–H and O–H groups in total. The molecule has 0 unspecified atom stereocenters. The molecule has 2 aromatic heterocycles. The van der Waals surface area contributed by atoms with E-state index in [0.29, 0.717) is 18.3 Å². The summed E-state index contributed by atoms with van der Waals surface area (Å²) in [4.78, 5) is 0. The summed E-state index contributed by atoms with van der Waals surface area (Å²) >= 11 is 0. The number of rotatable bonds is 3. The highest BCUT2D eigenvalue weighted by Gasteiger charge is 2.04. The summed E-state index contributed by atoms with van der Waals surface area (Å²) in [5.41, 5.74) is 0. The molecule has 0 fully saturated rings. The van der Waals surface area contributed by atoms with Gasteiger partial charge in [0.05, 0.1) is 6.20 Å². The molecule has 2 heterocycles. The first-order valence-electron chi connectivity index (χ1n) is 4.04. The summed E-state index contributed by atoms with van der Waals surface area (Å²) in [5, 5.41) is 15.1. The molecule has 2 rings (SSSR count). The van der Waals surface area contributed by atoms with Gasteiger partial charge in [0.1, 0.15) is 6.54 Å². The van der Waals surface area contributed by atoms with Crippen LogP contribution in [0.3, 0.4) is 0 Å². The summed E-state index contributed by atoms with van der Waals surface area (Å²) in [5.74, 6) is 1.21. The van der Waals surface area contributed by atoms with E-state index in [-0.39, 0.29) is 0 Å². The maximum atomic E-state index is 5.30. The van der Waals surface area contributed by atoms with E-state index in [1.54, 1.807) is 17.1 Å². The SMILES string of the molecule is CCc1nnc(Cn2ccnn2)o1. The Kier molecular flexibility index (Phi) is 2.03. The topological polar surface area (TPSA) is 69.6 Å². The molecule has 0 spiro atoms. The van der Waals surface area contributed by atoms with E-state index < -0.39 is 0 Å². The second-order valence-corrected chi connectivity index (χ2v) is 2.54. The lowest BCUT2D eigenvalue weighted by molar-refractivity contribution is 0.430. The molecule has 0 saturated carbocycles. The standard InChI is InChI=1S/C7H9N5O/c1-2-6-9-10-7(13-6)5-12-4-3-8-11-12/h3-4H,2,5H2,1H3. The van der Waals surface area contributed by atoms with Crippen molar-refractivity contribution in [2.24, 2.45) is 0 Å². The minimum absolute atomic E-state index is 0.479. The van der Waals surface area contributed by atoms with Crippen LogP contribution in [0.15, 0.2) is 16.8 Å². The third-order valence-electron chi connectivity index (χ3n) is 1.58. The highest BCUT2D eigenvalue weighted by atomic mass is 16.4. The van der Waals surface area contributed by atoms with Gasteiger partial charge in [-0.2, -0.15) is 0 Å². The molecule has 13 heavy (non-hydrogen) atoms. The van der Waals surface area contributed by atoms with Crippen molar-refractivity contribution in [3.63, 3.8) is 0 Å². The van der Waals surface area contributed by atoms with E-state index in [1.165, 1.54) is 0 Å². The van der Waals surface area contributed by atoms with Crippen molar-refractivity contribution in [1.29, 1.82) is 0 Å². The van der Waals surface area contributed by atoms with E-state index in [4.69, 9.17) is 4.42 Å². The molecule has 0 amide bonds. The Morgan fingerprint density at radius 1 is 1.38 bits per heavy atom. The lowest BCUT2D eigenvalue weighted by Crippen LogP contribution is -2.00. The number of aryl methyl sites for hydroxylation is 1. The minimum atomic E-state index is 0.479. The van der Waals surface area contributed by atoms with Gasteiger partial charge in [0.15, 0.2) is 0 Å². The second kappa shape index (κ2) is 3.34. The Balaban J connectivity index is 2.10. The molecule has 68 valence electrons. The molecule has 0 saturated heterocycles. The van der Waals surface area contributed by atoms with Gasteiger partial charge in [0, 0.05) is 12.6 Å². The fourth-order valence-electron chi connectivity index (χ4n) is 0.951. The molecule has 0 atom stereocenters. The van der Waals surface area contributed by atoms with Crippen LogP contribution in [0.1, 0.15) is 18.7 Å². The quantitative estimate of drug-likeness (QED) is 0.676. The van der Waals surface area contributed by atoms with Crippen molar-refractivity contribution in [1.82, 2.24) is 25.2 Å². The third kappa shape index (κ3) is 1.71. The normalized spacial score (nSPS) is 10.5. The van der Waals surface area contributed by atoms with Crippen LogP contribution < -0.4 is 0 Å². The molecule has 0 aliphatic heterocycles. The maximum absolute atomic E-state index is 5.30. The average Bonchev–Trinajstić information content (AvgIpc) is 2.76. The zero-order valence-electron chi connectivity index (χ0n) is 7.21. The molecule has 0 aliphatic rings. The molecule has 2 aromatic rings. The number of hydrogen-bond acceptors (Lipinski definition) is 5. The Labute approximate surface area is 74.6 Å². The Morgan fingerprint density at radius 3 is 2.85 bits per heavy atom. The number of aromatic nitrogens is 5. The number of hydrogen-bond donors (Lipinski definition) is 0. The van der Waals surface area contributed by atoms with E-state index >= 15 is 0 Å². The average molecular weight is 179 g/mol. The molecule has 6 nitrogen and oxygen atoms in total. The molecule has 0 radical (unpaired) electrons. The fourth-order valence-corrected chi connectivity index (χ4v) is 0.951. The van der Waals surface area contributed by atoms with Crippen LogP contribution in [0.4, 0.5) is 0 Å². The first-order chi connectivity index (χ1) is 6.38. The van der Waals surface area contributed by atoms with Crippen molar-refractivity contribution >= 4 is 0 Å². The van der Waals surface area contributed by atoms with Gasteiger partial charge in [-0.3, -0.25) is 0 Å². The van der Waals surface area contributed by atoms with Crippen LogP contribution in [0.5, 0.6) is 0 Å². The lowest BCUT2D eigenvalue weighted by Gasteiger charge is -1.92. The first-order valence-corrected chi connectivity index (χ1v) is 4.04. The highest BCUT2D eigenvalue weighted by Crippen LogP contribution is 2.01. The summed E-state index contributed by atoms with van der Waals surface area (Å²) in [6.07, 6.45) is 4.11. The zero-order valence-corrected chi connectivity index (χ0v) is 7.21. The summed E-state index contributed by atoms with van der Waals surface area (Å²) in [6.45, 7) is 2.44. The van der Waals surface area contributed by atoms with Gasteiger partial charge >= 0.3 is 0 Å². The Morgan fingerprint density at radius 2 is 2.23 bits per heavy atom. The van der Waals surface area contributed by atoms with Gasteiger partial charge in [-0.05, 0) is 0 Å². The monoisotopic (exact) mass is 179 g/mol.